The van der Waals surface area contributed by atoms with Crippen LogP contribution in [-0.4, -0.2) is 26.2 Å². The van der Waals surface area contributed by atoms with Crippen molar-refractivity contribution in [1.82, 2.24) is 4.73 Å². The lowest BCUT2D eigenvalue weighted by atomic mass is 10.1. The second-order valence-electron chi connectivity index (χ2n) is 5.21. The van der Waals surface area contributed by atoms with E-state index in [9.17, 15) is 15.0 Å². The van der Waals surface area contributed by atoms with Gasteiger partial charge in [0.2, 0.25) is 11.8 Å². The fourth-order valence-electron chi connectivity index (χ4n) is 1.79. The van der Waals surface area contributed by atoms with E-state index >= 15 is 0 Å². The van der Waals surface area contributed by atoms with Crippen molar-refractivity contribution in [3.63, 3.8) is 0 Å². The van der Waals surface area contributed by atoms with Gasteiger partial charge in [0.05, 0.1) is 6.42 Å². The molecule has 7 heteroatoms. The average molecular weight is 353 g/mol. The largest absolute Gasteiger partial charge is 0.492 e. The monoisotopic (exact) mass is 353 g/mol. The van der Waals surface area contributed by atoms with Crippen LogP contribution in [-0.2, 0) is 17.0 Å². The topological polar surface area (TPSA) is 71.7 Å². The van der Waals surface area contributed by atoms with Gasteiger partial charge in [-0.3, -0.25) is 0 Å². The summed E-state index contributed by atoms with van der Waals surface area (Å²) >= 11 is 0. The van der Waals surface area contributed by atoms with Crippen molar-refractivity contribution >= 4 is 27.6 Å². The van der Waals surface area contributed by atoms with Crippen LogP contribution in [0, 0.1) is 0 Å². The maximum absolute atomic E-state index is 11.8. The van der Waals surface area contributed by atoms with Crippen LogP contribution < -0.4 is 4.84 Å². The predicted molar refractivity (Wildman–Crippen MR) is 93.5 cm³/mol. The third-order valence-electron chi connectivity index (χ3n) is 2.85. The molecule has 2 N–H and O–H groups in total. The van der Waals surface area contributed by atoms with Gasteiger partial charge in [0.1, 0.15) is 0 Å². The molecule has 0 saturated carbocycles. The van der Waals surface area contributed by atoms with E-state index in [1.807, 2.05) is 35.1 Å². The first kappa shape index (κ1) is 17.6. The number of rotatable bonds is 7. The fourth-order valence-corrected chi connectivity index (χ4v) is 3.89. The van der Waals surface area contributed by atoms with Gasteiger partial charge in [0.25, 0.3) is 0 Å². The molecule has 0 amide bonds. The second kappa shape index (κ2) is 8.21. The highest BCUT2D eigenvalue weighted by molar-refractivity contribution is 8.76. The standard InChI is InChI=1S/C16H19NO4S2/c1-11(2)23-22-10-13-5-3-12(4-6-13)9-16(20)21-17-14(18)7-8-15(17)19/h3-8,11,18-19H,9-10H2,1-2H3. The van der Waals surface area contributed by atoms with E-state index in [0.717, 1.165) is 11.3 Å². The molecular weight excluding hydrogens is 334 g/mol. The number of carbonyl (C=O) groups excluding carboxylic acids is 1. The maximum atomic E-state index is 11.8. The van der Waals surface area contributed by atoms with Crippen LogP contribution in [0.25, 0.3) is 0 Å². The van der Waals surface area contributed by atoms with Gasteiger partial charge in [-0.15, -0.1) is 4.73 Å². The summed E-state index contributed by atoms with van der Waals surface area (Å²) in [4.78, 5) is 16.8. The van der Waals surface area contributed by atoms with Crippen molar-refractivity contribution in [2.24, 2.45) is 0 Å². The summed E-state index contributed by atoms with van der Waals surface area (Å²) in [5.41, 5.74) is 2.01. The van der Waals surface area contributed by atoms with Crippen LogP contribution in [0.15, 0.2) is 36.4 Å². The Kier molecular flexibility index (Phi) is 6.29. The van der Waals surface area contributed by atoms with Gasteiger partial charge in [-0.05, 0) is 11.1 Å². The number of aromatic nitrogens is 1. The smallest absolute Gasteiger partial charge is 0.337 e. The van der Waals surface area contributed by atoms with E-state index in [2.05, 4.69) is 13.8 Å². The van der Waals surface area contributed by atoms with Crippen LogP contribution in [0.5, 0.6) is 11.8 Å². The van der Waals surface area contributed by atoms with Gasteiger partial charge in [0, 0.05) is 23.1 Å². The normalized spacial score (nSPS) is 10.9. The van der Waals surface area contributed by atoms with Crippen LogP contribution in [0.4, 0.5) is 0 Å². The van der Waals surface area contributed by atoms with Crippen LogP contribution in [0.2, 0.25) is 0 Å². The summed E-state index contributed by atoms with van der Waals surface area (Å²) in [5, 5.41) is 19.4. The summed E-state index contributed by atoms with van der Waals surface area (Å²) < 4.78 is 0.691. The molecule has 0 aliphatic heterocycles. The first-order valence-corrected chi connectivity index (χ1v) is 9.51. The molecule has 1 heterocycles. The van der Waals surface area contributed by atoms with E-state index in [1.54, 1.807) is 10.8 Å². The molecule has 124 valence electrons. The molecule has 0 fully saturated rings. The first-order valence-electron chi connectivity index (χ1n) is 7.12. The molecule has 0 saturated heterocycles. The van der Waals surface area contributed by atoms with E-state index in [1.165, 1.54) is 17.7 Å². The van der Waals surface area contributed by atoms with Gasteiger partial charge >= 0.3 is 5.97 Å². The van der Waals surface area contributed by atoms with Crippen molar-refractivity contribution in [3.8, 4) is 11.8 Å². The molecule has 0 radical (unpaired) electrons. The number of hydrogen-bond acceptors (Lipinski definition) is 6. The van der Waals surface area contributed by atoms with Gasteiger partial charge < -0.3 is 15.1 Å². The van der Waals surface area contributed by atoms with E-state index in [0.29, 0.717) is 9.98 Å². The van der Waals surface area contributed by atoms with Gasteiger partial charge in [-0.25, -0.2) is 4.79 Å². The summed E-state index contributed by atoms with van der Waals surface area (Å²) in [7, 11) is 3.64. The Morgan fingerprint density at radius 2 is 1.65 bits per heavy atom. The lowest BCUT2D eigenvalue weighted by Gasteiger charge is -2.08. The van der Waals surface area contributed by atoms with Gasteiger partial charge in [0.15, 0.2) is 0 Å². The molecule has 5 nitrogen and oxygen atoms in total. The molecule has 23 heavy (non-hydrogen) atoms. The Bertz CT molecular complexity index is 633. The SMILES string of the molecule is CC(C)SSCc1ccc(CC(=O)On2c(O)ccc2O)cc1. The zero-order chi connectivity index (χ0) is 16.8. The Hall–Kier alpha value is -1.73. The molecule has 0 aliphatic carbocycles. The minimum atomic E-state index is -0.565. The third-order valence-corrected chi connectivity index (χ3v) is 5.74. The highest BCUT2D eigenvalue weighted by Crippen LogP contribution is 2.29. The molecule has 1 aromatic heterocycles. The average Bonchev–Trinajstić information content (AvgIpc) is 2.80. The number of benzene rings is 1. The molecule has 2 rings (SSSR count). The number of nitrogens with zero attached hydrogens (tertiary/aromatic N) is 1. The lowest BCUT2D eigenvalue weighted by Crippen LogP contribution is -2.20. The third kappa shape index (κ3) is 5.44. The van der Waals surface area contributed by atoms with Crippen molar-refractivity contribution in [2.45, 2.75) is 31.3 Å². The minimum absolute atomic E-state index is 0.0607. The minimum Gasteiger partial charge on any atom is -0.492 e. The fraction of sp³-hybridized carbons (Fsp3) is 0.312. The predicted octanol–water partition coefficient (Wildman–Crippen LogP) is 3.39. The highest BCUT2D eigenvalue weighted by atomic mass is 33.1. The Labute approximate surface area is 143 Å². The molecule has 0 atom stereocenters. The molecule has 0 aliphatic rings. The van der Waals surface area contributed by atoms with E-state index < -0.39 is 5.97 Å². The summed E-state index contributed by atoms with van der Waals surface area (Å²) in [5.74, 6) is -0.306. The second-order valence-corrected chi connectivity index (χ2v) is 8.15. The molecular formula is C16H19NO4S2. The van der Waals surface area contributed by atoms with Crippen molar-refractivity contribution in [3.05, 3.63) is 47.5 Å². The summed E-state index contributed by atoms with van der Waals surface area (Å²) in [6.07, 6.45) is 0.0607. The molecule has 0 bridgehead atoms. The van der Waals surface area contributed by atoms with Crippen LogP contribution >= 0.6 is 21.6 Å². The first-order chi connectivity index (χ1) is 11.0. The van der Waals surface area contributed by atoms with E-state index in [-0.39, 0.29) is 18.2 Å². The molecule has 0 spiro atoms. The van der Waals surface area contributed by atoms with Gasteiger partial charge in [-0.1, -0.05) is 59.7 Å². The quantitative estimate of drug-likeness (QED) is 0.744. The van der Waals surface area contributed by atoms with Crippen LogP contribution in [0.3, 0.4) is 0 Å². The Balaban J connectivity index is 1.86. The molecule has 2 aromatic rings. The van der Waals surface area contributed by atoms with Crippen molar-refractivity contribution in [1.29, 1.82) is 0 Å². The number of carbonyl (C=O) groups is 1. The zero-order valence-electron chi connectivity index (χ0n) is 12.9. The van der Waals surface area contributed by atoms with E-state index in [4.69, 9.17) is 4.84 Å². The van der Waals surface area contributed by atoms with Crippen LogP contribution in [0.1, 0.15) is 25.0 Å². The Morgan fingerprint density at radius 1 is 1.09 bits per heavy atom. The summed E-state index contributed by atoms with van der Waals surface area (Å²) in [6.45, 7) is 4.32. The molecule has 1 aromatic carbocycles. The number of aromatic hydroxyl groups is 2. The van der Waals surface area contributed by atoms with Crippen molar-refractivity contribution in [2.75, 3.05) is 0 Å². The lowest BCUT2D eigenvalue weighted by molar-refractivity contribution is -0.144. The maximum Gasteiger partial charge on any atom is 0.337 e. The van der Waals surface area contributed by atoms with Crippen molar-refractivity contribution < 1.29 is 19.8 Å². The summed E-state index contributed by atoms with van der Waals surface area (Å²) in [6, 6.07) is 10.2. The zero-order valence-corrected chi connectivity index (χ0v) is 14.6. The van der Waals surface area contributed by atoms with Gasteiger partial charge in [-0.2, -0.15) is 0 Å². The highest BCUT2D eigenvalue weighted by Gasteiger charge is 2.12. The molecule has 0 unspecified atom stereocenters. The number of hydrogen-bond donors (Lipinski definition) is 2. The Morgan fingerprint density at radius 3 is 2.22 bits per heavy atom.